The Morgan fingerprint density at radius 1 is 1.56 bits per heavy atom. The van der Waals surface area contributed by atoms with E-state index in [1.165, 1.54) is 30.8 Å². The normalized spacial score (nSPS) is 14.1. The molecule has 0 saturated heterocycles. The van der Waals surface area contributed by atoms with Gasteiger partial charge in [0.15, 0.2) is 0 Å². The van der Waals surface area contributed by atoms with Gasteiger partial charge in [-0.25, -0.2) is 0 Å². The monoisotopic (exact) mass is 128 g/mol. The first-order chi connectivity index (χ1) is 4.31. The number of allylic oxidation sites excluding steroid dienone is 4. The summed E-state index contributed by atoms with van der Waals surface area (Å²) in [7, 11) is 0.417. The van der Waals surface area contributed by atoms with Gasteiger partial charge in [0.1, 0.15) is 0 Å². The maximum atomic E-state index is 2.26. The van der Waals surface area contributed by atoms with E-state index in [2.05, 4.69) is 31.3 Å². The standard InChI is InChI=1S/C5H5.C2H8Si.Hf/c1-2-4-5-3-1;1-3-2;/h1-3H,4H2;3H2,1-2H3;/i;;1-80. The van der Waals surface area contributed by atoms with E-state index in [1.54, 1.807) is 3.33 Å². The van der Waals surface area contributed by atoms with Gasteiger partial charge < -0.3 is 0 Å². The van der Waals surface area contributed by atoms with Crippen LogP contribution in [-0.4, -0.2) is 9.52 Å². The van der Waals surface area contributed by atoms with Crippen molar-refractivity contribution in [1.82, 2.24) is 0 Å². The summed E-state index contributed by atoms with van der Waals surface area (Å²) in [6, 6.07) is 0. The predicted molar refractivity (Wildman–Crippen MR) is 42.1 cm³/mol. The molecule has 0 aromatic carbocycles. The Labute approximate surface area is 74.8 Å². The minimum atomic E-state index is 0.417. The molecule has 0 nitrogen and oxygen atoms in total. The molecule has 0 amide bonds. The molecule has 0 fully saturated rings. The van der Waals surface area contributed by atoms with Crippen molar-refractivity contribution in [3.63, 3.8) is 0 Å². The third kappa shape index (κ3) is 6.45. The quantitative estimate of drug-likeness (QED) is 0.435. The molecule has 0 radical (unpaired) electrons. The molecule has 0 heterocycles. The number of hydrogen-bond donors (Lipinski definition) is 0. The molecule has 1 rings (SSSR count). The first kappa shape index (κ1) is 9.57. The van der Waals surface area contributed by atoms with Crippen LogP contribution in [0, 0.1) is 0 Å². The van der Waals surface area contributed by atoms with Gasteiger partial charge in [-0.1, -0.05) is 13.1 Å². The van der Waals surface area contributed by atoms with Gasteiger partial charge in [0.05, 0.1) is 0 Å². The zero-order valence-electron chi connectivity index (χ0n) is 6.15. The Kier molecular flexibility index (Phi) is 7.10. The molecule has 0 saturated carbocycles. The summed E-state index contributed by atoms with van der Waals surface area (Å²) in [6.07, 6.45) is 7.75. The van der Waals surface area contributed by atoms with Gasteiger partial charge in [-0.3, -0.25) is 0 Å². The molecule has 0 unspecified atom stereocenters. The number of hydrogen-bond acceptors (Lipinski definition) is 0. The van der Waals surface area contributed by atoms with E-state index in [1.807, 2.05) is 0 Å². The summed E-state index contributed by atoms with van der Waals surface area (Å²) in [5.41, 5.74) is 0. The van der Waals surface area contributed by atoms with Gasteiger partial charge in [-0.05, 0) is 0 Å². The van der Waals surface area contributed by atoms with Crippen molar-refractivity contribution in [1.29, 1.82) is 0 Å². The van der Waals surface area contributed by atoms with Crippen LogP contribution < -0.4 is 0 Å². The van der Waals surface area contributed by atoms with Crippen molar-refractivity contribution in [2.45, 2.75) is 19.5 Å². The molecular weight excluding hydrogens is 115 g/mol. The molecule has 49 valence electrons. The first-order valence-electron chi connectivity index (χ1n) is 3.38. The van der Waals surface area contributed by atoms with Gasteiger partial charge in [0.2, 0.25) is 0 Å². The fourth-order valence-corrected chi connectivity index (χ4v) is 1.22. The zero-order valence-corrected chi connectivity index (χ0v) is 11.2. The maximum absolute atomic E-state index is 2.26. The second-order valence-corrected chi connectivity index (χ2v) is 5.75. The van der Waals surface area contributed by atoms with Crippen LogP contribution >= 0.6 is 0 Å². The second-order valence-electron chi connectivity index (χ2n) is 2.03. The first-order valence-corrected chi connectivity index (χ1v) is 8.01. The Hall–Kier alpha value is 0.567. The molecule has 0 N–H and O–H groups in total. The van der Waals surface area contributed by atoms with E-state index in [0.717, 1.165) is 0 Å². The van der Waals surface area contributed by atoms with Gasteiger partial charge in [-0.2, -0.15) is 0 Å². The van der Waals surface area contributed by atoms with Gasteiger partial charge >= 0.3 is 52.4 Å². The molecule has 0 aliphatic heterocycles. The molecule has 9 heavy (non-hydrogen) atoms. The third-order valence-corrected chi connectivity index (χ3v) is 2.10. The fourth-order valence-electron chi connectivity index (χ4n) is 0.447. The van der Waals surface area contributed by atoms with Crippen LogP contribution in [0.25, 0.3) is 0 Å². The van der Waals surface area contributed by atoms with E-state index in [-0.39, 0.29) is 0 Å². The summed E-state index contributed by atoms with van der Waals surface area (Å²) in [5.74, 6) is 0. The summed E-state index contributed by atoms with van der Waals surface area (Å²) >= 11 is 1.25. The van der Waals surface area contributed by atoms with Crippen molar-refractivity contribution in [3.05, 3.63) is 21.6 Å². The molecular formula is C7H13HfSi. The van der Waals surface area contributed by atoms with E-state index in [9.17, 15) is 0 Å². The summed E-state index contributed by atoms with van der Waals surface area (Å²) in [4.78, 5) is 0. The molecule has 0 atom stereocenters. The second kappa shape index (κ2) is 6.68. The van der Waals surface area contributed by atoms with Crippen molar-refractivity contribution >= 4 is 9.52 Å². The Balaban J connectivity index is 0.000000187. The molecule has 2 heteroatoms. The average molecular weight is 128 g/mol. The van der Waals surface area contributed by atoms with Crippen LogP contribution in [0.2, 0.25) is 13.1 Å². The molecule has 0 aromatic heterocycles. The van der Waals surface area contributed by atoms with Crippen LogP contribution in [0.5, 0.6) is 0 Å². The molecule has 0 aromatic rings. The SMILES string of the molecule is C[SiH2]C.[3Hf][C]1=CC=CC1. The van der Waals surface area contributed by atoms with Crippen molar-refractivity contribution in [3.8, 4) is 0 Å². The average Bonchev–Trinajstić information content (AvgIpc) is 2.20. The van der Waals surface area contributed by atoms with Gasteiger partial charge in [0, 0.05) is 9.52 Å². The van der Waals surface area contributed by atoms with Crippen LogP contribution in [0.3, 0.4) is 0 Å². The minimum absolute atomic E-state index is 0.417. The molecule has 1 aliphatic rings. The Bertz CT molecular complexity index is 116. The van der Waals surface area contributed by atoms with E-state index >= 15 is 0 Å². The van der Waals surface area contributed by atoms with Crippen LogP contribution in [0.4, 0.5) is 0 Å². The van der Waals surface area contributed by atoms with Crippen LogP contribution in [-0.2, 0) is 24.4 Å². The molecule has 1 aliphatic carbocycles. The Morgan fingerprint density at radius 2 is 2.11 bits per heavy atom. The third-order valence-electron chi connectivity index (χ3n) is 0.771. The van der Waals surface area contributed by atoms with E-state index in [0.29, 0.717) is 9.52 Å². The van der Waals surface area contributed by atoms with Crippen LogP contribution in [0.15, 0.2) is 21.6 Å². The topological polar surface area (TPSA) is 0 Å². The Morgan fingerprint density at radius 3 is 2.22 bits per heavy atom. The summed E-state index contributed by atoms with van der Waals surface area (Å²) in [5, 5.41) is 0. The van der Waals surface area contributed by atoms with Crippen molar-refractivity contribution in [2.24, 2.45) is 0 Å². The number of rotatable bonds is 0. The molecule has 0 bridgehead atoms. The van der Waals surface area contributed by atoms with E-state index in [4.69, 9.17) is 0 Å². The summed E-state index contributed by atoms with van der Waals surface area (Å²) in [6.45, 7) is 4.53. The fraction of sp³-hybridized carbons (Fsp3) is 0.429. The van der Waals surface area contributed by atoms with Crippen molar-refractivity contribution < 1.29 is 24.4 Å². The van der Waals surface area contributed by atoms with Crippen LogP contribution in [0.1, 0.15) is 6.42 Å². The molecule has 0 spiro atoms. The summed E-state index contributed by atoms with van der Waals surface area (Å²) < 4.78 is 1.61. The van der Waals surface area contributed by atoms with Gasteiger partial charge in [-0.15, -0.1) is 0 Å². The van der Waals surface area contributed by atoms with Crippen molar-refractivity contribution in [2.75, 3.05) is 0 Å². The zero-order chi connectivity index (χ0) is 7.11. The predicted octanol–water partition coefficient (Wildman–Crippen LogP) is 1.63. The van der Waals surface area contributed by atoms with Gasteiger partial charge in [0.25, 0.3) is 0 Å². The van der Waals surface area contributed by atoms with E-state index < -0.39 is 0 Å².